The molecule has 1 aliphatic rings. The molecular weight excluding hydrogens is 349 g/mol. The van der Waals surface area contributed by atoms with Crippen LogP contribution in [0.2, 0.25) is 0 Å². The molecule has 7 heteroatoms. The van der Waals surface area contributed by atoms with Crippen LogP contribution in [0.15, 0.2) is 35.5 Å². The Labute approximate surface area is 158 Å². The van der Waals surface area contributed by atoms with Gasteiger partial charge in [0, 0.05) is 49.5 Å². The van der Waals surface area contributed by atoms with Gasteiger partial charge in [-0.1, -0.05) is 6.92 Å². The molecule has 26 heavy (non-hydrogen) atoms. The van der Waals surface area contributed by atoms with Crippen molar-refractivity contribution in [1.29, 1.82) is 0 Å². The van der Waals surface area contributed by atoms with Crippen LogP contribution in [0.1, 0.15) is 23.7 Å². The Morgan fingerprint density at radius 2 is 1.92 bits per heavy atom. The predicted octanol–water partition coefficient (Wildman–Crippen LogP) is 3.13. The van der Waals surface area contributed by atoms with Crippen molar-refractivity contribution in [2.45, 2.75) is 26.8 Å². The number of aliphatic imine (C=N–C) groups is 1. The molecule has 2 heterocycles. The maximum absolute atomic E-state index is 13.1. The van der Waals surface area contributed by atoms with Gasteiger partial charge < -0.3 is 15.1 Å². The lowest BCUT2D eigenvalue weighted by atomic mass is 10.2. The van der Waals surface area contributed by atoms with Gasteiger partial charge in [0.1, 0.15) is 10.8 Å². The molecule has 0 radical (unpaired) electrons. The van der Waals surface area contributed by atoms with Crippen molar-refractivity contribution in [2.75, 3.05) is 37.6 Å². The molecule has 0 atom stereocenters. The number of nitrogens with zero attached hydrogens (tertiary/aromatic N) is 4. The van der Waals surface area contributed by atoms with Crippen LogP contribution < -0.4 is 10.2 Å². The van der Waals surface area contributed by atoms with Crippen molar-refractivity contribution in [1.82, 2.24) is 15.2 Å². The maximum atomic E-state index is 13.1. The second kappa shape index (κ2) is 8.98. The van der Waals surface area contributed by atoms with Gasteiger partial charge in [0.05, 0.1) is 6.54 Å². The fourth-order valence-electron chi connectivity index (χ4n) is 2.98. The summed E-state index contributed by atoms with van der Waals surface area (Å²) in [5.41, 5.74) is 1.07. The summed E-state index contributed by atoms with van der Waals surface area (Å²) >= 11 is 1.74. The molecule has 0 unspecified atom stereocenters. The maximum Gasteiger partial charge on any atom is 0.194 e. The molecule has 0 aliphatic carbocycles. The average molecular weight is 376 g/mol. The van der Waals surface area contributed by atoms with Gasteiger partial charge in [-0.3, -0.25) is 0 Å². The summed E-state index contributed by atoms with van der Waals surface area (Å²) in [6, 6.07) is 6.73. The minimum atomic E-state index is -0.192. The average Bonchev–Trinajstić information content (AvgIpc) is 3.14. The third-order valence-electron chi connectivity index (χ3n) is 4.42. The SMILES string of the molecule is CCNC(=NCc1ncc(CC)s1)N1CCN(c2ccc(F)cc2)CC1. The minimum Gasteiger partial charge on any atom is -0.368 e. The van der Waals surface area contributed by atoms with Crippen LogP contribution >= 0.6 is 11.3 Å². The highest BCUT2D eigenvalue weighted by Crippen LogP contribution is 2.18. The lowest BCUT2D eigenvalue weighted by Crippen LogP contribution is -2.52. The highest BCUT2D eigenvalue weighted by atomic mass is 32.1. The van der Waals surface area contributed by atoms with Crippen LogP contribution in [0.4, 0.5) is 10.1 Å². The highest BCUT2D eigenvalue weighted by Gasteiger charge is 2.20. The largest absolute Gasteiger partial charge is 0.368 e. The molecule has 1 N–H and O–H groups in total. The van der Waals surface area contributed by atoms with Crippen LogP contribution in [0.3, 0.4) is 0 Å². The zero-order valence-corrected chi connectivity index (χ0v) is 16.2. The van der Waals surface area contributed by atoms with E-state index in [1.54, 1.807) is 11.3 Å². The number of halogens is 1. The van der Waals surface area contributed by atoms with Gasteiger partial charge in [0.15, 0.2) is 5.96 Å². The number of anilines is 1. The summed E-state index contributed by atoms with van der Waals surface area (Å²) in [7, 11) is 0. The molecule has 140 valence electrons. The molecule has 1 aliphatic heterocycles. The van der Waals surface area contributed by atoms with Crippen LogP contribution in [-0.4, -0.2) is 48.6 Å². The summed E-state index contributed by atoms with van der Waals surface area (Å²) < 4.78 is 13.1. The fourth-order valence-corrected chi connectivity index (χ4v) is 3.77. The molecule has 1 saturated heterocycles. The number of guanidine groups is 1. The van der Waals surface area contributed by atoms with E-state index in [1.165, 1.54) is 17.0 Å². The van der Waals surface area contributed by atoms with Crippen molar-refractivity contribution in [2.24, 2.45) is 4.99 Å². The topological polar surface area (TPSA) is 43.8 Å². The van der Waals surface area contributed by atoms with E-state index in [1.807, 2.05) is 18.3 Å². The molecule has 3 rings (SSSR count). The lowest BCUT2D eigenvalue weighted by Gasteiger charge is -2.37. The summed E-state index contributed by atoms with van der Waals surface area (Å²) in [6.45, 7) is 9.26. The highest BCUT2D eigenvalue weighted by molar-refractivity contribution is 7.11. The van der Waals surface area contributed by atoms with Crippen molar-refractivity contribution in [3.8, 4) is 0 Å². The third-order valence-corrected chi connectivity index (χ3v) is 5.55. The summed E-state index contributed by atoms with van der Waals surface area (Å²) in [6.07, 6.45) is 2.97. The molecule has 0 amide bonds. The molecule has 0 saturated carbocycles. The molecule has 1 fully saturated rings. The number of piperazine rings is 1. The van der Waals surface area contributed by atoms with E-state index >= 15 is 0 Å². The number of nitrogens with one attached hydrogen (secondary N) is 1. The first kappa shape index (κ1) is 18.6. The second-order valence-corrected chi connectivity index (χ2v) is 7.39. The Morgan fingerprint density at radius 1 is 1.19 bits per heavy atom. The van der Waals surface area contributed by atoms with Crippen LogP contribution in [-0.2, 0) is 13.0 Å². The van der Waals surface area contributed by atoms with Crippen LogP contribution in [0.25, 0.3) is 0 Å². The van der Waals surface area contributed by atoms with E-state index < -0.39 is 0 Å². The lowest BCUT2D eigenvalue weighted by molar-refractivity contribution is 0.372. The number of aromatic nitrogens is 1. The van der Waals surface area contributed by atoms with Gasteiger partial charge >= 0.3 is 0 Å². The van der Waals surface area contributed by atoms with Crippen molar-refractivity contribution < 1.29 is 4.39 Å². The molecule has 2 aromatic rings. The first-order chi connectivity index (χ1) is 12.7. The van der Waals surface area contributed by atoms with E-state index in [-0.39, 0.29) is 5.82 Å². The Hall–Kier alpha value is -2.15. The van der Waals surface area contributed by atoms with Gasteiger partial charge in [-0.05, 0) is 37.6 Å². The molecule has 1 aromatic carbocycles. The van der Waals surface area contributed by atoms with Crippen LogP contribution in [0.5, 0.6) is 0 Å². The molecule has 1 aromatic heterocycles. The van der Waals surface area contributed by atoms with Crippen molar-refractivity contribution in [3.63, 3.8) is 0 Å². The smallest absolute Gasteiger partial charge is 0.194 e. The number of thiazole rings is 1. The third kappa shape index (κ3) is 4.72. The Morgan fingerprint density at radius 3 is 2.54 bits per heavy atom. The number of aryl methyl sites for hydroxylation is 1. The second-order valence-electron chi connectivity index (χ2n) is 6.19. The molecule has 5 nitrogen and oxygen atoms in total. The monoisotopic (exact) mass is 375 g/mol. The first-order valence-electron chi connectivity index (χ1n) is 9.17. The predicted molar refractivity (Wildman–Crippen MR) is 106 cm³/mol. The molecule has 0 spiro atoms. The van der Waals surface area contributed by atoms with Gasteiger partial charge in [-0.25, -0.2) is 14.4 Å². The minimum absolute atomic E-state index is 0.192. The van der Waals surface area contributed by atoms with Gasteiger partial charge in [0.2, 0.25) is 0 Å². The van der Waals surface area contributed by atoms with E-state index in [2.05, 4.69) is 33.9 Å². The summed E-state index contributed by atoms with van der Waals surface area (Å²) in [4.78, 5) is 15.1. The fraction of sp³-hybridized carbons (Fsp3) is 0.474. The number of hydrogen-bond donors (Lipinski definition) is 1. The van der Waals surface area contributed by atoms with Crippen LogP contribution in [0, 0.1) is 5.82 Å². The Kier molecular flexibility index (Phi) is 6.44. The Balaban J connectivity index is 1.60. The first-order valence-corrected chi connectivity index (χ1v) is 9.98. The van der Waals surface area contributed by atoms with E-state index in [0.29, 0.717) is 6.54 Å². The summed E-state index contributed by atoms with van der Waals surface area (Å²) in [5, 5.41) is 4.45. The van der Waals surface area contributed by atoms with Gasteiger partial charge in [-0.15, -0.1) is 11.3 Å². The zero-order chi connectivity index (χ0) is 18.4. The van der Waals surface area contributed by atoms with Crippen molar-refractivity contribution in [3.05, 3.63) is 46.2 Å². The van der Waals surface area contributed by atoms with Gasteiger partial charge in [-0.2, -0.15) is 0 Å². The number of hydrogen-bond acceptors (Lipinski definition) is 4. The van der Waals surface area contributed by atoms with E-state index in [9.17, 15) is 4.39 Å². The Bertz CT molecular complexity index is 720. The normalized spacial score (nSPS) is 15.4. The van der Waals surface area contributed by atoms with Gasteiger partial charge in [0.25, 0.3) is 0 Å². The molecular formula is C19H26FN5S. The summed E-state index contributed by atoms with van der Waals surface area (Å²) in [5.74, 6) is 0.752. The quantitative estimate of drug-likeness (QED) is 0.644. The van der Waals surface area contributed by atoms with Crippen molar-refractivity contribution >= 4 is 23.0 Å². The zero-order valence-electron chi connectivity index (χ0n) is 15.4. The van der Waals surface area contributed by atoms with E-state index in [0.717, 1.165) is 55.8 Å². The standard InChI is InChI=1S/C19H26FN5S/c1-3-17-13-22-18(26-17)14-23-19(21-4-2)25-11-9-24(10-12-25)16-7-5-15(20)6-8-16/h5-8,13H,3-4,9-12,14H2,1-2H3,(H,21,23). The van der Waals surface area contributed by atoms with E-state index in [4.69, 9.17) is 4.99 Å². The number of benzene rings is 1. The number of rotatable bonds is 5. The molecule has 0 bridgehead atoms.